The van der Waals surface area contributed by atoms with E-state index in [0.717, 1.165) is 12.0 Å². The number of aryl methyl sites for hydroxylation is 2. The lowest BCUT2D eigenvalue weighted by atomic mass is 10.0. The van der Waals surface area contributed by atoms with Gasteiger partial charge in [0.1, 0.15) is 17.6 Å². The minimum atomic E-state index is -0.421. The van der Waals surface area contributed by atoms with Crippen LogP contribution >= 0.6 is 0 Å². The first-order valence-corrected chi connectivity index (χ1v) is 10.5. The van der Waals surface area contributed by atoms with E-state index < -0.39 is 6.04 Å². The fourth-order valence-corrected chi connectivity index (χ4v) is 3.84. The maximum Gasteiger partial charge on any atom is 0.250 e. The number of anilines is 2. The third kappa shape index (κ3) is 4.10. The largest absolute Gasteiger partial charge is 0.345 e. The van der Waals surface area contributed by atoms with E-state index in [4.69, 9.17) is 11.4 Å². The minimum absolute atomic E-state index is 0.0124. The summed E-state index contributed by atoms with van der Waals surface area (Å²) in [4.78, 5) is 37.7. The first-order valence-electron chi connectivity index (χ1n) is 10.5. The highest BCUT2D eigenvalue weighted by Gasteiger charge is 2.35. The second kappa shape index (κ2) is 9.03. The highest BCUT2D eigenvalue weighted by molar-refractivity contribution is 6.09. The van der Waals surface area contributed by atoms with E-state index in [2.05, 4.69) is 10.9 Å². The highest BCUT2D eigenvalue weighted by Crippen LogP contribution is 2.32. The number of hydrogen-bond donors (Lipinski definition) is 0. The molecule has 32 heavy (non-hydrogen) atoms. The number of likely N-dealkylation sites (N-methyl/N-ethyl adjacent to an activating group) is 2. The van der Waals surface area contributed by atoms with Gasteiger partial charge in [0.05, 0.1) is 6.20 Å². The first-order chi connectivity index (χ1) is 15.5. The van der Waals surface area contributed by atoms with Crippen molar-refractivity contribution in [1.82, 2.24) is 9.97 Å². The molecular formula is C26H24N4O2. The first kappa shape index (κ1) is 21.3. The second-order valence-electron chi connectivity index (χ2n) is 7.82. The van der Waals surface area contributed by atoms with Crippen molar-refractivity contribution in [2.24, 2.45) is 0 Å². The number of amides is 1. The Kier molecular flexibility index (Phi) is 6.00. The Morgan fingerprint density at radius 3 is 2.41 bits per heavy atom. The number of carbonyl (C=O) groups excluding carboxylic acids is 2. The van der Waals surface area contributed by atoms with Crippen molar-refractivity contribution in [3.8, 4) is 12.3 Å². The van der Waals surface area contributed by atoms with Crippen LogP contribution in [0.3, 0.4) is 0 Å². The third-order valence-electron chi connectivity index (χ3n) is 5.78. The number of benzene rings is 2. The van der Waals surface area contributed by atoms with Gasteiger partial charge in [-0.3, -0.25) is 9.59 Å². The van der Waals surface area contributed by atoms with Gasteiger partial charge in [-0.25, -0.2) is 9.97 Å². The van der Waals surface area contributed by atoms with E-state index in [0.29, 0.717) is 41.3 Å². The van der Waals surface area contributed by atoms with E-state index >= 15 is 0 Å². The Bertz CT molecular complexity index is 1180. The summed E-state index contributed by atoms with van der Waals surface area (Å²) < 4.78 is 0. The van der Waals surface area contributed by atoms with Crippen molar-refractivity contribution in [3.63, 3.8) is 0 Å². The number of rotatable bonds is 6. The number of hydrogen-bond acceptors (Lipinski definition) is 5. The number of ketones is 1. The van der Waals surface area contributed by atoms with Gasteiger partial charge >= 0.3 is 0 Å². The van der Waals surface area contributed by atoms with Gasteiger partial charge in [-0.05, 0) is 12.0 Å². The number of aromatic nitrogens is 2. The topological polar surface area (TPSA) is 66.4 Å². The van der Waals surface area contributed by atoms with Gasteiger partial charge in [0.25, 0.3) is 5.91 Å². The molecule has 2 aromatic carbocycles. The molecule has 4 rings (SSSR count). The van der Waals surface area contributed by atoms with Crippen LogP contribution in [0, 0.1) is 12.3 Å². The van der Waals surface area contributed by atoms with Gasteiger partial charge in [0.2, 0.25) is 0 Å². The summed E-state index contributed by atoms with van der Waals surface area (Å²) in [5.41, 5.74) is 3.12. The maximum atomic E-state index is 12.6. The van der Waals surface area contributed by atoms with Crippen LogP contribution in [0.25, 0.3) is 0 Å². The molecular weight excluding hydrogens is 400 g/mol. The second-order valence-corrected chi connectivity index (χ2v) is 7.82. The molecule has 6 nitrogen and oxygen atoms in total. The molecule has 2 heterocycles. The molecule has 0 N–H and O–H groups in total. The zero-order chi connectivity index (χ0) is 22.7. The van der Waals surface area contributed by atoms with Crippen molar-refractivity contribution in [2.75, 3.05) is 23.9 Å². The van der Waals surface area contributed by atoms with Crippen molar-refractivity contribution in [1.29, 1.82) is 0 Å². The van der Waals surface area contributed by atoms with Gasteiger partial charge in [0, 0.05) is 38.1 Å². The molecule has 1 aliphatic rings. The molecule has 0 saturated carbocycles. The lowest BCUT2D eigenvalue weighted by molar-refractivity contribution is -0.119. The van der Waals surface area contributed by atoms with Crippen LogP contribution in [0.15, 0.2) is 60.8 Å². The Hall–Kier alpha value is -3.98. The number of terminal acetylenes is 1. The molecule has 1 amide bonds. The Morgan fingerprint density at radius 2 is 1.72 bits per heavy atom. The van der Waals surface area contributed by atoms with E-state index in [1.54, 1.807) is 18.1 Å². The molecule has 0 saturated heterocycles. The predicted molar refractivity (Wildman–Crippen MR) is 125 cm³/mol. The third-order valence-corrected chi connectivity index (χ3v) is 5.78. The summed E-state index contributed by atoms with van der Waals surface area (Å²) in [7, 11) is 3.56. The zero-order valence-corrected chi connectivity index (χ0v) is 18.2. The normalized spacial score (nSPS) is 15.3. The fraction of sp³-hybridized carbons (Fsp3) is 0.231. The summed E-state index contributed by atoms with van der Waals surface area (Å²) in [6.45, 7) is 0. The van der Waals surface area contributed by atoms with Crippen molar-refractivity contribution >= 4 is 23.2 Å². The molecule has 0 fully saturated rings. The molecule has 1 aromatic heterocycles. The predicted octanol–water partition coefficient (Wildman–Crippen LogP) is 3.30. The van der Waals surface area contributed by atoms with Gasteiger partial charge < -0.3 is 9.80 Å². The van der Waals surface area contributed by atoms with Crippen molar-refractivity contribution in [3.05, 3.63) is 83.3 Å². The smallest absolute Gasteiger partial charge is 0.250 e. The average Bonchev–Trinajstić information content (AvgIpc) is 2.84. The molecule has 3 aromatic rings. The van der Waals surface area contributed by atoms with E-state index in [9.17, 15) is 9.59 Å². The summed E-state index contributed by atoms with van der Waals surface area (Å²) in [5, 5.41) is 0. The molecule has 0 radical (unpaired) electrons. The van der Waals surface area contributed by atoms with Gasteiger partial charge in [-0.2, -0.15) is 0 Å². The Balaban J connectivity index is 1.46. The molecule has 160 valence electrons. The summed E-state index contributed by atoms with van der Waals surface area (Å²) >= 11 is 0. The van der Waals surface area contributed by atoms with E-state index in [-0.39, 0.29) is 11.7 Å². The van der Waals surface area contributed by atoms with E-state index in [1.807, 2.05) is 66.5 Å². The monoisotopic (exact) mass is 424 g/mol. The molecule has 0 bridgehead atoms. The van der Waals surface area contributed by atoms with Crippen LogP contribution in [-0.4, -0.2) is 41.8 Å². The zero-order valence-electron chi connectivity index (χ0n) is 18.2. The quantitative estimate of drug-likeness (QED) is 0.449. The van der Waals surface area contributed by atoms with Gasteiger partial charge in [-0.15, -0.1) is 12.3 Å². The van der Waals surface area contributed by atoms with Crippen LogP contribution in [0.4, 0.5) is 11.5 Å². The highest BCUT2D eigenvalue weighted by atomic mass is 16.2. The van der Waals surface area contributed by atoms with Crippen LogP contribution in [-0.2, 0) is 17.6 Å². The van der Waals surface area contributed by atoms with Crippen LogP contribution in [0.5, 0.6) is 0 Å². The SMILES string of the molecule is C#CC[C@H]1C(=O)N(C)c2cnc(CCc3ccc(C(=O)c4ccccc4)cc3)nc2N1C. The standard InChI is InChI=1S/C26H24N4O2/c1-4-8-21-26(32)30(3)22-17-27-23(28-25(22)29(21)2)16-13-18-11-14-20(15-12-18)24(31)19-9-6-5-7-10-19/h1,5-7,9-12,14-15,17,21H,8,13,16H2,2-3H3/t21-/m0/s1. The molecule has 0 spiro atoms. The van der Waals surface area contributed by atoms with Gasteiger partial charge in [-0.1, -0.05) is 54.6 Å². The maximum absolute atomic E-state index is 12.6. The molecule has 0 unspecified atom stereocenters. The number of nitrogens with zero attached hydrogens (tertiary/aromatic N) is 4. The fourth-order valence-electron chi connectivity index (χ4n) is 3.84. The number of carbonyl (C=O) groups is 2. The lowest BCUT2D eigenvalue weighted by Crippen LogP contribution is -2.51. The van der Waals surface area contributed by atoms with Crippen molar-refractivity contribution in [2.45, 2.75) is 25.3 Å². The average molecular weight is 425 g/mol. The van der Waals surface area contributed by atoms with Crippen molar-refractivity contribution < 1.29 is 9.59 Å². The molecule has 1 atom stereocenters. The van der Waals surface area contributed by atoms with Gasteiger partial charge in [0.15, 0.2) is 11.6 Å². The summed E-state index contributed by atoms with van der Waals surface area (Å²) in [6.07, 6.45) is 8.86. The molecule has 0 aliphatic carbocycles. The minimum Gasteiger partial charge on any atom is -0.345 e. The van der Waals surface area contributed by atoms with Crippen LogP contribution in [0.2, 0.25) is 0 Å². The van der Waals surface area contributed by atoms with E-state index in [1.165, 1.54) is 0 Å². The van der Waals surface area contributed by atoms with Crippen LogP contribution < -0.4 is 9.80 Å². The Labute approximate surface area is 187 Å². The molecule has 1 aliphatic heterocycles. The Morgan fingerprint density at radius 1 is 1.03 bits per heavy atom. The molecule has 6 heteroatoms. The lowest BCUT2D eigenvalue weighted by Gasteiger charge is -2.37. The summed E-state index contributed by atoms with van der Waals surface area (Å²) in [6, 6.07) is 16.5. The summed E-state index contributed by atoms with van der Waals surface area (Å²) in [5.74, 6) is 3.94. The number of fused-ring (bicyclic) bond motifs is 1. The van der Waals surface area contributed by atoms with Crippen LogP contribution in [0.1, 0.15) is 33.7 Å².